The predicted molar refractivity (Wildman–Crippen MR) is 112 cm³/mol. The molecular weight excluding hydrogens is 354 g/mol. The molecule has 0 aliphatic rings. The molecule has 0 heterocycles. The van der Waals surface area contributed by atoms with Crippen molar-refractivity contribution in [2.75, 3.05) is 38.8 Å². The minimum Gasteiger partial charge on any atom is -0.493 e. The highest BCUT2D eigenvalue weighted by Gasteiger charge is 2.20. The lowest BCUT2D eigenvalue weighted by Crippen LogP contribution is -2.28. The van der Waals surface area contributed by atoms with Crippen molar-refractivity contribution in [1.29, 1.82) is 0 Å². The van der Waals surface area contributed by atoms with Crippen LogP contribution in [0.15, 0.2) is 48.5 Å². The van der Waals surface area contributed by atoms with E-state index in [1.165, 1.54) is 11.3 Å². The van der Waals surface area contributed by atoms with E-state index >= 15 is 0 Å². The lowest BCUT2D eigenvalue weighted by atomic mass is 10.1. The number of hydrogen-bond donors (Lipinski definition) is 0. The van der Waals surface area contributed by atoms with Crippen molar-refractivity contribution < 1.29 is 19.0 Å². The van der Waals surface area contributed by atoms with Gasteiger partial charge in [0.2, 0.25) is 0 Å². The first kappa shape index (κ1) is 21.8. The number of anilines is 1. The summed E-state index contributed by atoms with van der Waals surface area (Å²) in [4.78, 5) is 14.1. The Hall–Kier alpha value is -2.53. The van der Waals surface area contributed by atoms with Gasteiger partial charge in [-0.3, -0.25) is 0 Å². The monoisotopic (exact) mass is 385 g/mol. The van der Waals surface area contributed by atoms with Crippen molar-refractivity contribution >= 4 is 11.7 Å². The molecule has 0 radical (unpaired) electrons. The van der Waals surface area contributed by atoms with Gasteiger partial charge in [-0.1, -0.05) is 24.3 Å². The Morgan fingerprint density at radius 1 is 1.00 bits per heavy atom. The summed E-state index contributed by atoms with van der Waals surface area (Å²) in [5, 5.41) is 0. The first-order chi connectivity index (χ1) is 13.5. The van der Waals surface area contributed by atoms with Crippen LogP contribution in [-0.2, 0) is 27.1 Å². The maximum atomic E-state index is 12.0. The van der Waals surface area contributed by atoms with Crippen LogP contribution in [0.2, 0.25) is 0 Å². The fourth-order valence-corrected chi connectivity index (χ4v) is 2.86. The van der Waals surface area contributed by atoms with Crippen LogP contribution in [0.25, 0.3) is 0 Å². The average molecular weight is 386 g/mol. The van der Waals surface area contributed by atoms with Gasteiger partial charge in [0.05, 0.1) is 13.2 Å². The molecular formula is C23H31NO4. The normalized spacial score (nSPS) is 11.7. The van der Waals surface area contributed by atoms with Crippen molar-refractivity contribution in [3.05, 3.63) is 59.7 Å². The Bertz CT molecular complexity index is 728. The number of benzene rings is 2. The Balaban J connectivity index is 1.86. The highest BCUT2D eigenvalue weighted by molar-refractivity contribution is 5.75. The molecule has 0 aliphatic carbocycles. The van der Waals surface area contributed by atoms with Gasteiger partial charge in [-0.15, -0.1) is 0 Å². The summed E-state index contributed by atoms with van der Waals surface area (Å²) < 4.78 is 16.5. The molecule has 0 aliphatic heterocycles. The number of carbonyl (C=O) groups excluding carboxylic acids is 1. The molecule has 5 nitrogen and oxygen atoms in total. The van der Waals surface area contributed by atoms with E-state index in [9.17, 15) is 4.79 Å². The van der Waals surface area contributed by atoms with Gasteiger partial charge in [-0.05, 0) is 49.2 Å². The predicted octanol–water partition coefficient (Wildman–Crippen LogP) is 3.88. The molecule has 0 fully saturated rings. The van der Waals surface area contributed by atoms with Gasteiger partial charge in [0.15, 0.2) is 6.10 Å². The zero-order valence-corrected chi connectivity index (χ0v) is 17.3. The van der Waals surface area contributed by atoms with E-state index in [-0.39, 0.29) is 5.97 Å². The fraction of sp³-hybridized carbons (Fsp3) is 0.435. The molecule has 0 amide bonds. The number of ether oxygens (including phenoxy) is 3. The SMILES string of the molecule is CCOC(=O)C(Cc1ccc(OCCc2cccc(N(C)C)c2)cc1)OCC. The summed E-state index contributed by atoms with van der Waals surface area (Å²) >= 11 is 0. The van der Waals surface area contributed by atoms with Gasteiger partial charge in [-0.25, -0.2) is 4.79 Å². The van der Waals surface area contributed by atoms with Crippen LogP contribution in [-0.4, -0.2) is 46.0 Å². The molecule has 2 aromatic rings. The second kappa shape index (κ2) is 11.3. The van der Waals surface area contributed by atoms with E-state index in [4.69, 9.17) is 14.2 Å². The van der Waals surface area contributed by atoms with Crippen LogP contribution < -0.4 is 9.64 Å². The molecule has 2 aromatic carbocycles. The van der Waals surface area contributed by atoms with E-state index < -0.39 is 6.10 Å². The topological polar surface area (TPSA) is 48.0 Å². The number of rotatable bonds is 11. The van der Waals surface area contributed by atoms with E-state index in [2.05, 4.69) is 29.2 Å². The van der Waals surface area contributed by atoms with Crippen LogP contribution in [0.3, 0.4) is 0 Å². The lowest BCUT2D eigenvalue weighted by molar-refractivity contribution is -0.156. The summed E-state index contributed by atoms with van der Waals surface area (Å²) in [6.45, 7) is 5.11. The lowest BCUT2D eigenvalue weighted by Gasteiger charge is -2.16. The van der Waals surface area contributed by atoms with Gasteiger partial charge in [0, 0.05) is 39.2 Å². The van der Waals surface area contributed by atoms with Gasteiger partial charge >= 0.3 is 5.97 Å². The summed E-state index contributed by atoms with van der Waals surface area (Å²) in [6, 6.07) is 16.2. The second-order valence-electron chi connectivity index (χ2n) is 6.71. The molecule has 0 aromatic heterocycles. The second-order valence-corrected chi connectivity index (χ2v) is 6.71. The van der Waals surface area contributed by atoms with Crippen molar-refractivity contribution in [2.24, 2.45) is 0 Å². The summed E-state index contributed by atoms with van der Waals surface area (Å²) in [5.41, 5.74) is 3.45. The van der Waals surface area contributed by atoms with E-state index in [0.717, 1.165) is 17.7 Å². The molecule has 1 atom stereocenters. The average Bonchev–Trinajstić information content (AvgIpc) is 2.69. The first-order valence-corrected chi connectivity index (χ1v) is 9.79. The van der Waals surface area contributed by atoms with Crippen LogP contribution >= 0.6 is 0 Å². The van der Waals surface area contributed by atoms with Crippen molar-refractivity contribution in [3.8, 4) is 5.75 Å². The molecule has 28 heavy (non-hydrogen) atoms. The third-order valence-corrected chi connectivity index (χ3v) is 4.35. The molecule has 152 valence electrons. The third-order valence-electron chi connectivity index (χ3n) is 4.35. The zero-order valence-electron chi connectivity index (χ0n) is 17.3. The molecule has 5 heteroatoms. The molecule has 1 unspecified atom stereocenters. The number of nitrogens with zero attached hydrogens (tertiary/aromatic N) is 1. The zero-order chi connectivity index (χ0) is 20.4. The van der Waals surface area contributed by atoms with Gasteiger partial charge in [0.25, 0.3) is 0 Å². The minimum atomic E-state index is -0.569. The quantitative estimate of drug-likeness (QED) is 0.549. The van der Waals surface area contributed by atoms with Gasteiger partial charge < -0.3 is 19.1 Å². The van der Waals surface area contributed by atoms with E-state index in [1.54, 1.807) is 6.92 Å². The maximum absolute atomic E-state index is 12.0. The molecule has 0 saturated heterocycles. The molecule has 0 spiro atoms. The van der Waals surface area contributed by atoms with Crippen LogP contribution in [0, 0.1) is 0 Å². The summed E-state index contributed by atoms with van der Waals surface area (Å²) in [6.07, 6.45) is 0.767. The van der Waals surface area contributed by atoms with Crippen LogP contribution in [0.1, 0.15) is 25.0 Å². The Kier molecular flexibility index (Phi) is 8.82. The van der Waals surface area contributed by atoms with Crippen molar-refractivity contribution in [2.45, 2.75) is 32.8 Å². The highest BCUT2D eigenvalue weighted by atomic mass is 16.6. The van der Waals surface area contributed by atoms with E-state index in [0.29, 0.717) is 26.2 Å². The molecule has 0 bridgehead atoms. The maximum Gasteiger partial charge on any atom is 0.335 e. The molecule has 2 rings (SSSR count). The van der Waals surface area contributed by atoms with Crippen molar-refractivity contribution in [3.63, 3.8) is 0 Å². The number of hydrogen-bond acceptors (Lipinski definition) is 5. The Morgan fingerprint density at radius 2 is 1.75 bits per heavy atom. The molecule has 0 N–H and O–H groups in total. The first-order valence-electron chi connectivity index (χ1n) is 9.79. The minimum absolute atomic E-state index is 0.315. The molecule has 0 saturated carbocycles. The fourth-order valence-electron chi connectivity index (χ4n) is 2.86. The summed E-state index contributed by atoms with van der Waals surface area (Å²) in [5.74, 6) is 0.501. The Morgan fingerprint density at radius 3 is 2.39 bits per heavy atom. The number of esters is 1. The Labute approximate surface area is 168 Å². The van der Waals surface area contributed by atoms with Crippen LogP contribution in [0.4, 0.5) is 5.69 Å². The smallest absolute Gasteiger partial charge is 0.335 e. The van der Waals surface area contributed by atoms with Crippen molar-refractivity contribution in [1.82, 2.24) is 0 Å². The van der Waals surface area contributed by atoms with E-state index in [1.807, 2.05) is 45.3 Å². The number of carbonyl (C=O) groups is 1. The van der Waals surface area contributed by atoms with Gasteiger partial charge in [-0.2, -0.15) is 0 Å². The van der Waals surface area contributed by atoms with Crippen LogP contribution in [0.5, 0.6) is 5.75 Å². The standard InChI is InChI=1S/C23H31NO4/c1-5-26-22(23(25)27-6-2)17-19-10-12-21(13-11-19)28-15-14-18-8-7-9-20(16-18)24(3)4/h7-13,16,22H,5-6,14-15,17H2,1-4H3. The summed E-state index contributed by atoms with van der Waals surface area (Å²) in [7, 11) is 4.07. The highest BCUT2D eigenvalue weighted by Crippen LogP contribution is 2.17. The third kappa shape index (κ3) is 6.89. The van der Waals surface area contributed by atoms with Gasteiger partial charge in [0.1, 0.15) is 5.75 Å². The largest absolute Gasteiger partial charge is 0.493 e.